The van der Waals surface area contributed by atoms with Crippen LogP contribution in [-0.2, 0) is 4.57 Å². The van der Waals surface area contributed by atoms with Crippen molar-refractivity contribution in [3.63, 3.8) is 0 Å². The third-order valence-electron chi connectivity index (χ3n) is 6.43. The van der Waals surface area contributed by atoms with Gasteiger partial charge in [0.1, 0.15) is 0 Å². The number of rotatable bonds is 23. The molecule has 0 aliphatic carbocycles. The van der Waals surface area contributed by atoms with Crippen molar-refractivity contribution in [2.24, 2.45) is 0 Å². The Morgan fingerprint density at radius 1 is 0.429 bits per heavy atom. The maximum Gasteiger partial charge on any atom is 0.162 e. The first kappa shape index (κ1) is 28.1. The minimum atomic E-state index is 0.0962. The number of hydrogen-bond donors (Lipinski definition) is 0. The molecule has 0 saturated heterocycles. The summed E-state index contributed by atoms with van der Waals surface area (Å²) in [6, 6.07) is 0. The number of unbranched alkanes of at least 4 members (excludes halogenated alkanes) is 16. The minimum absolute atomic E-state index is 0.0962. The molecule has 1 nitrogen and oxygen atoms in total. The molecule has 0 N–H and O–H groups in total. The summed E-state index contributed by atoms with van der Waals surface area (Å²) in [5.74, 6) is 0. The van der Waals surface area contributed by atoms with E-state index < -0.39 is 0 Å². The highest BCUT2D eigenvalue weighted by Crippen LogP contribution is 2.40. The molecule has 0 aromatic rings. The second-order valence-electron chi connectivity index (χ2n) is 9.22. The van der Waals surface area contributed by atoms with E-state index in [9.17, 15) is 4.57 Å². The van der Waals surface area contributed by atoms with Crippen LogP contribution in [0.3, 0.4) is 0 Å². The van der Waals surface area contributed by atoms with Crippen molar-refractivity contribution < 1.29 is 4.57 Å². The molecule has 0 atom stereocenters. The normalized spacial score (nSPS) is 12.1. The highest BCUT2D eigenvalue weighted by Gasteiger charge is 2.29. The fourth-order valence-corrected chi connectivity index (χ4v) is 5.14. The molecule has 0 aromatic heterocycles. The van der Waals surface area contributed by atoms with Gasteiger partial charge in [0.15, 0.2) is 8.46 Å². The summed E-state index contributed by atoms with van der Waals surface area (Å²) in [7, 11) is 0.441. The Kier molecular flexibility index (Phi) is 21.9. The molecule has 0 radical (unpaired) electrons. The molecular weight excluding hydrogens is 359 g/mol. The maximum atomic E-state index is 12.3. The van der Waals surface area contributed by atoms with Gasteiger partial charge < -0.3 is 0 Å². The second kappa shape index (κ2) is 21.8. The largest absolute Gasteiger partial charge is 0.274 e. The summed E-state index contributed by atoms with van der Waals surface area (Å²) < 4.78 is 12.3. The average molecular weight is 413 g/mol. The first-order valence-electron chi connectivity index (χ1n) is 13.1. The zero-order valence-electron chi connectivity index (χ0n) is 19.9. The van der Waals surface area contributed by atoms with Crippen molar-refractivity contribution in [1.82, 2.24) is 0 Å². The van der Waals surface area contributed by atoms with Crippen molar-refractivity contribution >= 4 is 8.46 Å². The second-order valence-corrected chi connectivity index (χ2v) is 10.4. The summed E-state index contributed by atoms with van der Waals surface area (Å²) in [6.45, 7) is 6.85. The molecule has 168 valence electrons. The predicted octanol–water partition coefficient (Wildman–Crippen LogP) is 10.7. The summed E-state index contributed by atoms with van der Waals surface area (Å²) in [5.41, 5.74) is 0. The van der Waals surface area contributed by atoms with Gasteiger partial charge in [-0.15, -0.1) is 0 Å². The molecule has 0 aliphatic rings. The van der Waals surface area contributed by atoms with Crippen LogP contribution in [0, 0.1) is 0 Å². The Hall–Kier alpha value is 0.100. The quantitative estimate of drug-likeness (QED) is 0.120. The monoisotopic (exact) mass is 412 g/mol. The minimum Gasteiger partial charge on any atom is -0.274 e. The predicted molar refractivity (Wildman–Crippen MR) is 129 cm³/mol. The molecule has 0 saturated carbocycles. The number of hydrogen-bond acceptors (Lipinski definition) is 1. The Labute approximate surface area is 180 Å². The standard InChI is InChI=1S/C26H53OP/c1-4-7-10-13-16-19-22-25-26(28-27,23-20-17-14-11-8-5-2)24-21-18-15-12-9-6-3/h4-25H2,1-3H3. The van der Waals surface area contributed by atoms with E-state index in [4.69, 9.17) is 0 Å². The first-order chi connectivity index (χ1) is 13.7. The van der Waals surface area contributed by atoms with E-state index in [1.807, 2.05) is 0 Å². The molecular formula is C26H53OP. The molecule has 0 aromatic carbocycles. The van der Waals surface area contributed by atoms with Crippen molar-refractivity contribution in [2.45, 2.75) is 167 Å². The summed E-state index contributed by atoms with van der Waals surface area (Å²) in [6.07, 6.45) is 29.2. The van der Waals surface area contributed by atoms with Gasteiger partial charge in [0.25, 0.3) is 0 Å². The lowest BCUT2D eigenvalue weighted by Crippen LogP contribution is -2.22. The summed E-state index contributed by atoms with van der Waals surface area (Å²) in [5, 5.41) is 0.0962. The fourth-order valence-electron chi connectivity index (χ4n) is 4.39. The summed E-state index contributed by atoms with van der Waals surface area (Å²) in [4.78, 5) is 0. The van der Waals surface area contributed by atoms with E-state index in [0.29, 0.717) is 8.46 Å². The average Bonchev–Trinajstić information content (AvgIpc) is 2.72. The van der Waals surface area contributed by atoms with E-state index in [2.05, 4.69) is 20.8 Å². The smallest absolute Gasteiger partial charge is 0.162 e. The molecule has 0 bridgehead atoms. The highest BCUT2D eigenvalue weighted by atomic mass is 31.1. The van der Waals surface area contributed by atoms with Gasteiger partial charge in [-0.25, -0.2) is 0 Å². The molecule has 28 heavy (non-hydrogen) atoms. The zero-order chi connectivity index (χ0) is 20.8. The van der Waals surface area contributed by atoms with Crippen LogP contribution < -0.4 is 0 Å². The maximum absolute atomic E-state index is 12.3. The fraction of sp³-hybridized carbons (Fsp3) is 1.00. The Balaban J connectivity index is 4.24. The van der Waals surface area contributed by atoms with Crippen LogP contribution in [0.25, 0.3) is 0 Å². The van der Waals surface area contributed by atoms with E-state index in [-0.39, 0.29) is 5.16 Å². The van der Waals surface area contributed by atoms with E-state index >= 15 is 0 Å². The topological polar surface area (TPSA) is 17.1 Å². The Bertz CT molecular complexity index is 300. The molecule has 0 rings (SSSR count). The molecule has 0 unspecified atom stereocenters. The lowest BCUT2D eigenvalue weighted by atomic mass is 9.88. The van der Waals surface area contributed by atoms with E-state index in [0.717, 1.165) is 0 Å². The molecule has 0 aliphatic heterocycles. The van der Waals surface area contributed by atoms with Crippen LogP contribution in [-0.4, -0.2) is 5.16 Å². The van der Waals surface area contributed by atoms with E-state index in [1.165, 1.54) is 141 Å². The Morgan fingerprint density at radius 3 is 0.929 bits per heavy atom. The lowest BCUT2D eigenvalue weighted by molar-refractivity contribution is 0.389. The lowest BCUT2D eigenvalue weighted by Gasteiger charge is -2.27. The first-order valence-corrected chi connectivity index (χ1v) is 13.9. The van der Waals surface area contributed by atoms with Crippen LogP contribution in [0.1, 0.15) is 162 Å². The van der Waals surface area contributed by atoms with Crippen LogP contribution >= 0.6 is 8.46 Å². The molecule has 2 heteroatoms. The highest BCUT2D eigenvalue weighted by molar-refractivity contribution is 7.26. The van der Waals surface area contributed by atoms with Gasteiger partial charge >= 0.3 is 0 Å². The third kappa shape index (κ3) is 17.0. The molecule has 0 spiro atoms. The van der Waals surface area contributed by atoms with Gasteiger partial charge in [-0.2, -0.15) is 0 Å². The van der Waals surface area contributed by atoms with Crippen molar-refractivity contribution in [3.8, 4) is 0 Å². The van der Waals surface area contributed by atoms with Crippen LogP contribution in [0.4, 0.5) is 0 Å². The Morgan fingerprint density at radius 2 is 0.679 bits per heavy atom. The van der Waals surface area contributed by atoms with Crippen LogP contribution in [0.2, 0.25) is 0 Å². The van der Waals surface area contributed by atoms with Gasteiger partial charge in [0.2, 0.25) is 0 Å². The van der Waals surface area contributed by atoms with Crippen molar-refractivity contribution in [2.75, 3.05) is 0 Å². The van der Waals surface area contributed by atoms with Gasteiger partial charge in [0.05, 0.1) is 5.16 Å². The molecule has 0 heterocycles. The zero-order valence-corrected chi connectivity index (χ0v) is 20.8. The molecule has 0 fully saturated rings. The van der Waals surface area contributed by atoms with Crippen LogP contribution in [0.5, 0.6) is 0 Å². The van der Waals surface area contributed by atoms with Gasteiger partial charge in [0, 0.05) is 0 Å². The third-order valence-corrected chi connectivity index (χ3v) is 7.49. The van der Waals surface area contributed by atoms with Crippen molar-refractivity contribution in [3.05, 3.63) is 0 Å². The molecule has 0 amide bonds. The van der Waals surface area contributed by atoms with Gasteiger partial charge in [-0.05, 0) is 19.3 Å². The van der Waals surface area contributed by atoms with E-state index in [1.54, 1.807) is 0 Å². The van der Waals surface area contributed by atoms with Gasteiger partial charge in [-0.3, -0.25) is 4.57 Å². The summed E-state index contributed by atoms with van der Waals surface area (Å²) >= 11 is 0. The van der Waals surface area contributed by atoms with Crippen LogP contribution in [0.15, 0.2) is 0 Å². The van der Waals surface area contributed by atoms with Crippen molar-refractivity contribution in [1.29, 1.82) is 0 Å². The SMILES string of the molecule is CCCCCCCCCC(CCCCCCCC)(CCCCCCCC)P=O. The van der Waals surface area contributed by atoms with Gasteiger partial charge in [-0.1, -0.05) is 143 Å².